The van der Waals surface area contributed by atoms with Crippen molar-refractivity contribution in [2.75, 3.05) is 25.1 Å². The molecule has 0 atom stereocenters. The van der Waals surface area contributed by atoms with Gasteiger partial charge < -0.3 is 15.0 Å². The number of nitrogens with zero attached hydrogens (tertiary/aromatic N) is 5. The van der Waals surface area contributed by atoms with Crippen molar-refractivity contribution in [2.45, 2.75) is 6.43 Å². The van der Waals surface area contributed by atoms with Crippen LogP contribution in [0.4, 0.5) is 20.3 Å². The molecule has 0 saturated heterocycles. The minimum absolute atomic E-state index is 0.142. The number of amides is 1. The topological polar surface area (TPSA) is 85.2 Å². The third-order valence-corrected chi connectivity index (χ3v) is 5.53. The number of alkyl halides is 2. The molecule has 0 fully saturated rings. The van der Waals surface area contributed by atoms with Crippen molar-refractivity contribution in [1.82, 2.24) is 25.1 Å². The van der Waals surface area contributed by atoms with Gasteiger partial charge >= 0.3 is 0 Å². The first-order valence-corrected chi connectivity index (χ1v) is 10.3. The van der Waals surface area contributed by atoms with Gasteiger partial charge in [-0.15, -0.1) is 0 Å². The van der Waals surface area contributed by atoms with Crippen LogP contribution in [0.3, 0.4) is 0 Å². The van der Waals surface area contributed by atoms with Crippen LogP contribution >= 0.6 is 0 Å². The van der Waals surface area contributed by atoms with Crippen LogP contribution in [0.25, 0.3) is 22.0 Å². The minimum atomic E-state index is -2.71. The summed E-state index contributed by atoms with van der Waals surface area (Å²) >= 11 is 0. The zero-order valence-electron chi connectivity index (χ0n) is 17.9. The average Bonchev–Trinajstić information content (AvgIpc) is 3.27. The zero-order valence-corrected chi connectivity index (χ0v) is 17.9. The summed E-state index contributed by atoms with van der Waals surface area (Å²) in [7, 11) is 3.25. The van der Waals surface area contributed by atoms with E-state index in [1.807, 2.05) is 6.07 Å². The number of benzene rings is 1. The molecule has 0 spiro atoms. The number of hydrogen-bond donors (Lipinski definition) is 1. The van der Waals surface area contributed by atoms with Gasteiger partial charge in [0.1, 0.15) is 23.6 Å². The lowest BCUT2D eigenvalue weighted by Gasteiger charge is -2.32. The monoisotopic (exact) mass is 450 g/mol. The highest BCUT2D eigenvalue weighted by Gasteiger charge is 2.28. The first-order valence-electron chi connectivity index (χ1n) is 10.3. The molecule has 168 valence electrons. The fourth-order valence-electron chi connectivity index (χ4n) is 3.99. The molecule has 1 aliphatic heterocycles. The Labute approximate surface area is 187 Å². The maximum absolute atomic E-state index is 14.1. The molecule has 1 amide bonds. The molecular weight excluding hydrogens is 430 g/mol. The molecule has 0 unspecified atom stereocenters. The van der Waals surface area contributed by atoms with Crippen molar-refractivity contribution in [2.24, 2.45) is 7.05 Å². The largest absolute Gasteiger partial charge is 0.490 e. The molecule has 8 nitrogen and oxygen atoms in total. The molecule has 4 heterocycles. The van der Waals surface area contributed by atoms with Crippen molar-refractivity contribution >= 4 is 28.3 Å². The third-order valence-electron chi connectivity index (χ3n) is 5.53. The number of rotatable bonds is 4. The number of carbonyl (C=O) groups is 1. The number of aromatic nitrogens is 4. The number of fused-ring (bicyclic) bond motifs is 2. The quantitative estimate of drug-likeness (QED) is 0.508. The standard InChI is InChI=1S/C23H20F2N6O2/c1-26-23(32)17-8-13-4-3-5-27-20(13)22(29-17)31-6-7-33-19-10-15(14-11-28-30(2)12-14)16(21(24)25)9-18(19)31/h3-5,8-12,21H,6-7H2,1-2H3,(H,26,32). The van der Waals surface area contributed by atoms with Crippen molar-refractivity contribution in [3.63, 3.8) is 0 Å². The van der Waals surface area contributed by atoms with Crippen molar-refractivity contribution < 1.29 is 18.3 Å². The third kappa shape index (κ3) is 3.63. The molecule has 1 aromatic carbocycles. The first kappa shape index (κ1) is 20.8. The van der Waals surface area contributed by atoms with E-state index in [-0.39, 0.29) is 17.2 Å². The number of pyridine rings is 2. The number of ether oxygens (including phenoxy) is 1. The van der Waals surface area contributed by atoms with E-state index >= 15 is 0 Å². The summed E-state index contributed by atoms with van der Waals surface area (Å²) in [6.07, 6.45) is 2.14. The van der Waals surface area contributed by atoms with Gasteiger partial charge in [-0.25, -0.2) is 13.8 Å². The smallest absolute Gasteiger partial charge is 0.269 e. The highest BCUT2D eigenvalue weighted by Crippen LogP contribution is 2.44. The summed E-state index contributed by atoms with van der Waals surface area (Å²) in [4.78, 5) is 23.1. The molecule has 0 saturated carbocycles. The van der Waals surface area contributed by atoms with E-state index in [0.717, 1.165) is 5.39 Å². The van der Waals surface area contributed by atoms with Crippen LogP contribution < -0.4 is 15.0 Å². The maximum atomic E-state index is 14.1. The molecule has 1 N–H and O–H groups in total. The number of aryl methyl sites for hydroxylation is 1. The minimum Gasteiger partial charge on any atom is -0.490 e. The van der Waals surface area contributed by atoms with E-state index < -0.39 is 6.43 Å². The molecule has 10 heteroatoms. The second-order valence-corrected chi connectivity index (χ2v) is 7.60. The van der Waals surface area contributed by atoms with Crippen molar-refractivity contribution in [3.05, 3.63) is 60.2 Å². The highest BCUT2D eigenvalue weighted by atomic mass is 19.3. The molecule has 5 rings (SSSR count). The van der Waals surface area contributed by atoms with Gasteiger partial charge in [-0.1, -0.05) is 6.07 Å². The Morgan fingerprint density at radius 3 is 2.85 bits per heavy atom. The number of nitrogens with one attached hydrogen (secondary N) is 1. The fourth-order valence-corrected chi connectivity index (χ4v) is 3.99. The first-order chi connectivity index (χ1) is 16.0. The Kier molecular flexibility index (Phi) is 5.12. The van der Waals surface area contributed by atoms with Crippen molar-refractivity contribution in [1.29, 1.82) is 0 Å². The lowest BCUT2D eigenvalue weighted by atomic mass is 10.00. The Morgan fingerprint density at radius 1 is 1.27 bits per heavy atom. The van der Waals surface area contributed by atoms with Crippen LogP contribution in [0, 0.1) is 0 Å². The molecule has 33 heavy (non-hydrogen) atoms. The van der Waals surface area contributed by atoms with E-state index in [1.165, 1.54) is 13.1 Å². The summed E-state index contributed by atoms with van der Waals surface area (Å²) in [5.74, 6) is 0.502. The van der Waals surface area contributed by atoms with E-state index in [1.54, 1.807) is 53.4 Å². The van der Waals surface area contributed by atoms with Gasteiger partial charge in [0.25, 0.3) is 12.3 Å². The number of carbonyl (C=O) groups excluding carboxylic acids is 1. The average molecular weight is 450 g/mol. The van der Waals surface area contributed by atoms with E-state index in [0.29, 0.717) is 47.1 Å². The Balaban J connectivity index is 1.71. The van der Waals surface area contributed by atoms with Gasteiger partial charge in [-0.3, -0.25) is 14.5 Å². The molecular formula is C23H20F2N6O2. The summed E-state index contributed by atoms with van der Waals surface area (Å²) in [5, 5.41) is 7.39. The lowest BCUT2D eigenvalue weighted by Crippen LogP contribution is -2.30. The van der Waals surface area contributed by atoms with E-state index in [2.05, 4.69) is 20.4 Å². The van der Waals surface area contributed by atoms with Gasteiger partial charge in [0.2, 0.25) is 0 Å². The van der Waals surface area contributed by atoms with Crippen LogP contribution in [-0.2, 0) is 7.05 Å². The summed E-state index contributed by atoms with van der Waals surface area (Å²) in [6.45, 7) is 0.672. The molecule has 0 aliphatic carbocycles. The van der Waals surface area contributed by atoms with Gasteiger partial charge in [-0.2, -0.15) is 5.10 Å². The van der Waals surface area contributed by atoms with Crippen LogP contribution in [-0.4, -0.2) is 45.9 Å². The Hall–Kier alpha value is -4.08. The Morgan fingerprint density at radius 2 is 2.12 bits per heavy atom. The van der Waals surface area contributed by atoms with Crippen LogP contribution in [0.15, 0.2) is 48.9 Å². The molecule has 0 bridgehead atoms. The van der Waals surface area contributed by atoms with Gasteiger partial charge in [-0.05, 0) is 29.8 Å². The highest BCUT2D eigenvalue weighted by molar-refractivity contribution is 6.00. The maximum Gasteiger partial charge on any atom is 0.269 e. The zero-order chi connectivity index (χ0) is 23.1. The van der Waals surface area contributed by atoms with E-state index in [4.69, 9.17) is 4.74 Å². The SMILES string of the molecule is CNC(=O)c1cc2cccnc2c(N2CCOc3cc(-c4cnn(C)c4)c(C(F)F)cc32)n1. The fraction of sp³-hybridized carbons (Fsp3) is 0.217. The van der Waals surface area contributed by atoms with Gasteiger partial charge in [0.15, 0.2) is 5.82 Å². The lowest BCUT2D eigenvalue weighted by molar-refractivity contribution is 0.0958. The normalized spacial score (nSPS) is 13.2. The van der Waals surface area contributed by atoms with Gasteiger partial charge in [0.05, 0.1) is 18.4 Å². The molecule has 3 aromatic heterocycles. The second kappa shape index (κ2) is 8.12. The number of hydrogen-bond acceptors (Lipinski definition) is 6. The summed E-state index contributed by atoms with van der Waals surface area (Å²) in [5.41, 5.74) is 2.00. The predicted molar refractivity (Wildman–Crippen MR) is 119 cm³/mol. The van der Waals surface area contributed by atoms with Crippen LogP contribution in [0.5, 0.6) is 5.75 Å². The Bertz CT molecular complexity index is 1370. The second-order valence-electron chi connectivity index (χ2n) is 7.60. The number of halogens is 2. The van der Waals surface area contributed by atoms with Crippen LogP contribution in [0.2, 0.25) is 0 Å². The van der Waals surface area contributed by atoms with E-state index in [9.17, 15) is 13.6 Å². The summed E-state index contributed by atoms with van der Waals surface area (Å²) in [6, 6.07) is 8.28. The summed E-state index contributed by atoms with van der Waals surface area (Å²) < 4.78 is 35.6. The van der Waals surface area contributed by atoms with Crippen LogP contribution in [0.1, 0.15) is 22.5 Å². The molecule has 4 aromatic rings. The molecule has 0 radical (unpaired) electrons. The van der Waals surface area contributed by atoms with Gasteiger partial charge in [0, 0.05) is 43.0 Å². The van der Waals surface area contributed by atoms with Crippen molar-refractivity contribution in [3.8, 4) is 16.9 Å². The molecule has 1 aliphatic rings. The predicted octanol–water partition coefficient (Wildman–Crippen LogP) is 3.86. The number of anilines is 2.